The Hall–Kier alpha value is -1.15. The minimum Gasteiger partial charge on any atom is -0.308 e. The number of benzene rings is 1. The van der Waals surface area contributed by atoms with E-state index in [0.717, 1.165) is 6.42 Å². The van der Waals surface area contributed by atoms with E-state index in [2.05, 4.69) is 36.5 Å². The summed E-state index contributed by atoms with van der Waals surface area (Å²) in [5.41, 5.74) is 2.50. The van der Waals surface area contributed by atoms with Crippen LogP contribution in [0.15, 0.2) is 24.3 Å². The maximum absolute atomic E-state index is 11.5. The maximum atomic E-state index is 11.5. The summed E-state index contributed by atoms with van der Waals surface area (Å²) in [6, 6.07) is 8.75. The SMILES string of the molecule is Cc1ccc(CCC(=O)CNC(C)C)cc1. The lowest BCUT2D eigenvalue weighted by Gasteiger charge is -2.07. The van der Waals surface area contributed by atoms with E-state index in [-0.39, 0.29) is 5.78 Å². The van der Waals surface area contributed by atoms with Crippen molar-refractivity contribution in [3.8, 4) is 0 Å². The first kappa shape index (κ1) is 12.9. The van der Waals surface area contributed by atoms with Gasteiger partial charge < -0.3 is 5.32 Å². The zero-order chi connectivity index (χ0) is 12.0. The van der Waals surface area contributed by atoms with Gasteiger partial charge in [0.1, 0.15) is 5.78 Å². The van der Waals surface area contributed by atoms with Crippen LogP contribution in [0.2, 0.25) is 0 Å². The van der Waals surface area contributed by atoms with E-state index >= 15 is 0 Å². The van der Waals surface area contributed by atoms with E-state index in [4.69, 9.17) is 0 Å². The summed E-state index contributed by atoms with van der Waals surface area (Å²) in [4.78, 5) is 11.5. The van der Waals surface area contributed by atoms with Crippen molar-refractivity contribution in [3.05, 3.63) is 35.4 Å². The van der Waals surface area contributed by atoms with Crippen LogP contribution in [0.3, 0.4) is 0 Å². The summed E-state index contributed by atoms with van der Waals surface area (Å²) in [6.45, 7) is 6.66. The first-order chi connectivity index (χ1) is 7.58. The normalized spacial score (nSPS) is 10.8. The number of nitrogens with one attached hydrogen (secondary N) is 1. The molecule has 0 atom stereocenters. The molecule has 0 unspecified atom stereocenters. The number of aryl methyl sites for hydroxylation is 2. The lowest BCUT2D eigenvalue weighted by molar-refractivity contribution is -0.118. The molecule has 1 N–H and O–H groups in total. The molecule has 0 aliphatic rings. The molecule has 0 fully saturated rings. The Morgan fingerprint density at radius 2 is 1.88 bits per heavy atom. The molecule has 0 amide bonds. The number of carbonyl (C=O) groups is 1. The molecule has 0 radical (unpaired) electrons. The second-order valence-corrected chi connectivity index (χ2v) is 4.56. The fraction of sp³-hybridized carbons (Fsp3) is 0.500. The Morgan fingerprint density at radius 3 is 2.44 bits per heavy atom. The minimum atomic E-state index is 0.286. The third-order valence-corrected chi connectivity index (χ3v) is 2.52. The molecule has 0 aromatic heterocycles. The van der Waals surface area contributed by atoms with Crippen molar-refractivity contribution in [2.45, 2.75) is 39.7 Å². The van der Waals surface area contributed by atoms with Crippen LogP contribution >= 0.6 is 0 Å². The van der Waals surface area contributed by atoms with Crippen molar-refractivity contribution < 1.29 is 4.79 Å². The maximum Gasteiger partial charge on any atom is 0.146 e. The van der Waals surface area contributed by atoms with Gasteiger partial charge in [-0.25, -0.2) is 0 Å². The molecule has 0 aliphatic heterocycles. The number of ketones is 1. The fourth-order valence-corrected chi connectivity index (χ4v) is 1.44. The molecule has 0 bridgehead atoms. The van der Waals surface area contributed by atoms with Gasteiger partial charge in [-0.05, 0) is 18.9 Å². The van der Waals surface area contributed by atoms with Gasteiger partial charge in [0.2, 0.25) is 0 Å². The van der Waals surface area contributed by atoms with Crippen LogP contribution < -0.4 is 5.32 Å². The summed E-state index contributed by atoms with van der Waals surface area (Å²) >= 11 is 0. The third kappa shape index (κ3) is 5.08. The molecule has 1 aromatic carbocycles. The van der Waals surface area contributed by atoms with E-state index in [9.17, 15) is 4.79 Å². The number of carbonyl (C=O) groups excluding carboxylic acids is 1. The largest absolute Gasteiger partial charge is 0.308 e. The van der Waals surface area contributed by atoms with E-state index < -0.39 is 0 Å². The Labute approximate surface area is 98.1 Å². The van der Waals surface area contributed by atoms with Crippen LogP contribution in [-0.4, -0.2) is 18.4 Å². The summed E-state index contributed by atoms with van der Waals surface area (Å²) in [6.07, 6.45) is 1.47. The van der Waals surface area contributed by atoms with Gasteiger partial charge in [0.15, 0.2) is 0 Å². The van der Waals surface area contributed by atoms with Gasteiger partial charge in [0, 0.05) is 12.5 Å². The van der Waals surface area contributed by atoms with Crippen molar-refractivity contribution in [3.63, 3.8) is 0 Å². The number of Topliss-reactive ketones (excluding diaryl/α,β-unsaturated/α-hetero) is 1. The lowest BCUT2D eigenvalue weighted by atomic mass is 10.1. The Bertz CT molecular complexity index is 327. The molecule has 2 nitrogen and oxygen atoms in total. The van der Waals surface area contributed by atoms with Crippen LogP contribution in [0.25, 0.3) is 0 Å². The molecule has 0 heterocycles. The molecular weight excluding hydrogens is 198 g/mol. The predicted octanol–water partition coefficient (Wildman–Crippen LogP) is 2.49. The van der Waals surface area contributed by atoms with Crippen LogP contribution in [0.5, 0.6) is 0 Å². The summed E-state index contributed by atoms with van der Waals surface area (Å²) in [5.74, 6) is 0.286. The van der Waals surface area contributed by atoms with Crippen molar-refractivity contribution in [1.82, 2.24) is 5.32 Å². The van der Waals surface area contributed by atoms with E-state index in [1.165, 1.54) is 11.1 Å². The number of rotatable bonds is 6. The monoisotopic (exact) mass is 219 g/mol. The molecule has 16 heavy (non-hydrogen) atoms. The van der Waals surface area contributed by atoms with E-state index in [1.54, 1.807) is 0 Å². The first-order valence-electron chi connectivity index (χ1n) is 5.88. The van der Waals surface area contributed by atoms with Crippen molar-refractivity contribution in [1.29, 1.82) is 0 Å². The predicted molar refractivity (Wildman–Crippen MR) is 67.6 cm³/mol. The minimum absolute atomic E-state index is 0.286. The van der Waals surface area contributed by atoms with E-state index in [0.29, 0.717) is 19.0 Å². The number of hydrogen-bond acceptors (Lipinski definition) is 2. The smallest absolute Gasteiger partial charge is 0.146 e. The highest BCUT2D eigenvalue weighted by Crippen LogP contribution is 2.05. The summed E-state index contributed by atoms with van der Waals surface area (Å²) < 4.78 is 0. The highest BCUT2D eigenvalue weighted by atomic mass is 16.1. The van der Waals surface area contributed by atoms with Gasteiger partial charge in [0.25, 0.3) is 0 Å². The van der Waals surface area contributed by atoms with Crippen molar-refractivity contribution in [2.75, 3.05) is 6.54 Å². The summed E-state index contributed by atoms with van der Waals surface area (Å²) in [7, 11) is 0. The quantitative estimate of drug-likeness (QED) is 0.796. The highest BCUT2D eigenvalue weighted by molar-refractivity contribution is 5.80. The van der Waals surface area contributed by atoms with Gasteiger partial charge in [-0.2, -0.15) is 0 Å². The van der Waals surface area contributed by atoms with Crippen molar-refractivity contribution in [2.24, 2.45) is 0 Å². The number of hydrogen-bond donors (Lipinski definition) is 1. The van der Waals surface area contributed by atoms with Crippen molar-refractivity contribution >= 4 is 5.78 Å². The average Bonchev–Trinajstić information content (AvgIpc) is 2.25. The summed E-state index contributed by atoms with van der Waals surface area (Å²) in [5, 5.41) is 3.14. The Morgan fingerprint density at radius 1 is 1.25 bits per heavy atom. The second kappa shape index (κ2) is 6.44. The van der Waals surface area contributed by atoms with Crippen LogP contribution in [-0.2, 0) is 11.2 Å². The molecule has 88 valence electrons. The van der Waals surface area contributed by atoms with Gasteiger partial charge in [-0.3, -0.25) is 4.79 Å². The zero-order valence-corrected chi connectivity index (χ0v) is 10.4. The van der Waals surface area contributed by atoms with Crippen LogP contribution in [0.4, 0.5) is 0 Å². The second-order valence-electron chi connectivity index (χ2n) is 4.56. The average molecular weight is 219 g/mol. The van der Waals surface area contributed by atoms with Gasteiger partial charge >= 0.3 is 0 Å². The molecule has 1 aromatic rings. The Kier molecular flexibility index (Phi) is 5.20. The fourth-order valence-electron chi connectivity index (χ4n) is 1.44. The Balaban J connectivity index is 2.29. The zero-order valence-electron chi connectivity index (χ0n) is 10.4. The molecule has 0 saturated carbocycles. The molecule has 2 heteroatoms. The molecule has 0 spiro atoms. The highest BCUT2D eigenvalue weighted by Gasteiger charge is 2.03. The molecular formula is C14H21NO. The third-order valence-electron chi connectivity index (χ3n) is 2.52. The topological polar surface area (TPSA) is 29.1 Å². The molecule has 1 rings (SSSR count). The van der Waals surface area contributed by atoms with Crippen LogP contribution in [0.1, 0.15) is 31.4 Å². The van der Waals surface area contributed by atoms with Gasteiger partial charge in [-0.1, -0.05) is 43.7 Å². The molecule has 0 saturated heterocycles. The standard InChI is InChI=1S/C14H21NO/c1-11(2)15-10-14(16)9-8-13-6-4-12(3)5-7-13/h4-7,11,15H,8-10H2,1-3H3. The molecule has 0 aliphatic carbocycles. The lowest BCUT2D eigenvalue weighted by Crippen LogP contribution is -2.29. The van der Waals surface area contributed by atoms with Gasteiger partial charge in [0.05, 0.1) is 6.54 Å². The first-order valence-corrected chi connectivity index (χ1v) is 5.88. The van der Waals surface area contributed by atoms with E-state index in [1.807, 2.05) is 13.8 Å². The van der Waals surface area contributed by atoms with Crippen LogP contribution in [0, 0.1) is 6.92 Å². The van der Waals surface area contributed by atoms with Gasteiger partial charge in [-0.15, -0.1) is 0 Å².